The predicted molar refractivity (Wildman–Crippen MR) is 69.1 cm³/mol. The lowest BCUT2D eigenvalue weighted by Crippen LogP contribution is -2.30. The molecule has 0 aromatic carbocycles. The average molecular weight is 293 g/mol. The average Bonchev–Trinajstić information content (AvgIpc) is 2.61. The van der Waals surface area contributed by atoms with E-state index in [9.17, 15) is 18.3 Å². The summed E-state index contributed by atoms with van der Waals surface area (Å²) < 4.78 is 38.0. The summed E-state index contributed by atoms with van der Waals surface area (Å²) in [6, 6.07) is 0. The summed E-state index contributed by atoms with van der Waals surface area (Å²) >= 11 is 0. The zero-order chi connectivity index (χ0) is 15.4. The van der Waals surface area contributed by atoms with Gasteiger partial charge in [-0.15, -0.1) is 0 Å². The van der Waals surface area contributed by atoms with Crippen LogP contribution in [-0.2, 0) is 13.0 Å². The van der Waals surface area contributed by atoms with Crippen molar-refractivity contribution in [3.63, 3.8) is 0 Å². The molecule has 116 valence electrons. The molecule has 0 saturated carbocycles. The van der Waals surface area contributed by atoms with Crippen LogP contribution in [0.4, 0.5) is 13.2 Å². The molecule has 0 aliphatic rings. The standard InChI is InChI=1S/C13H22F3N3O/c1-10(2)8-19-11(17-9-18-19)7-12(3,20)5-4-6-13(14,15)16/h9-10,20H,4-8H2,1-3H3. The quantitative estimate of drug-likeness (QED) is 0.841. The fraction of sp³-hybridized carbons (Fsp3) is 0.846. The van der Waals surface area contributed by atoms with Gasteiger partial charge in [-0.2, -0.15) is 18.3 Å². The highest BCUT2D eigenvalue weighted by atomic mass is 19.4. The molecule has 0 aliphatic heterocycles. The zero-order valence-corrected chi connectivity index (χ0v) is 12.1. The Labute approximate surface area is 117 Å². The van der Waals surface area contributed by atoms with Crippen molar-refractivity contribution in [1.82, 2.24) is 14.8 Å². The summed E-state index contributed by atoms with van der Waals surface area (Å²) in [6.45, 7) is 6.28. The summed E-state index contributed by atoms with van der Waals surface area (Å²) in [5, 5.41) is 14.3. The van der Waals surface area contributed by atoms with E-state index in [1.165, 1.54) is 13.3 Å². The van der Waals surface area contributed by atoms with Crippen LogP contribution >= 0.6 is 0 Å². The van der Waals surface area contributed by atoms with Gasteiger partial charge in [-0.05, 0) is 25.7 Å². The number of nitrogens with zero attached hydrogens (tertiary/aromatic N) is 3. The molecule has 0 spiro atoms. The van der Waals surface area contributed by atoms with Gasteiger partial charge in [0, 0.05) is 19.4 Å². The maximum absolute atomic E-state index is 12.1. The monoisotopic (exact) mass is 293 g/mol. The first-order valence-corrected chi connectivity index (χ1v) is 6.75. The van der Waals surface area contributed by atoms with Crippen molar-refractivity contribution in [3.8, 4) is 0 Å². The van der Waals surface area contributed by atoms with Gasteiger partial charge >= 0.3 is 6.18 Å². The Balaban J connectivity index is 2.55. The van der Waals surface area contributed by atoms with Crippen LogP contribution in [-0.4, -0.2) is 31.6 Å². The molecule has 0 fully saturated rings. The SMILES string of the molecule is CC(C)Cn1ncnc1CC(C)(O)CCCC(F)(F)F. The van der Waals surface area contributed by atoms with Crippen LogP contribution in [0.1, 0.15) is 45.9 Å². The molecule has 7 heteroatoms. The van der Waals surface area contributed by atoms with E-state index in [0.29, 0.717) is 18.3 Å². The van der Waals surface area contributed by atoms with Crippen molar-refractivity contribution in [2.24, 2.45) is 5.92 Å². The third-order valence-electron chi connectivity index (χ3n) is 2.95. The molecule has 0 bridgehead atoms. The molecular formula is C13H22F3N3O. The van der Waals surface area contributed by atoms with Gasteiger partial charge in [-0.1, -0.05) is 13.8 Å². The second-order valence-electron chi connectivity index (χ2n) is 5.89. The first-order chi connectivity index (χ1) is 9.09. The molecule has 1 N–H and O–H groups in total. The van der Waals surface area contributed by atoms with Crippen molar-refractivity contribution in [1.29, 1.82) is 0 Å². The molecule has 1 rings (SSSR count). The molecule has 0 radical (unpaired) electrons. The number of alkyl halides is 3. The summed E-state index contributed by atoms with van der Waals surface area (Å²) in [7, 11) is 0. The van der Waals surface area contributed by atoms with E-state index in [4.69, 9.17) is 0 Å². The molecule has 1 aromatic heterocycles. The highest BCUT2D eigenvalue weighted by Crippen LogP contribution is 2.26. The molecule has 20 heavy (non-hydrogen) atoms. The van der Waals surface area contributed by atoms with Crippen LogP contribution in [0, 0.1) is 5.92 Å². The van der Waals surface area contributed by atoms with Crippen LogP contribution in [0.5, 0.6) is 0 Å². The Morgan fingerprint density at radius 2 is 1.95 bits per heavy atom. The molecule has 0 saturated heterocycles. The van der Waals surface area contributed by atoms with Crippen LogP contribution in [0.3, 0.4) is 0 Å². The van der Waals surface area contributed by atoms with Gasteiger partial charge in [-0.25, -0.2) is 9.67 Å². The Hall–Kier alpha value is -1.11. The zero-order valence-electron chi connectivity index (χ0n) is 12.1. The van der Waals surface area contributed by atoms with Crippen molar-refractivity contribution >= 4 is 0 Å². The minimum absolute atomic E-state index is 0.0844. The van der Waals surface area contributed by atoms with Crippen LogP contribution in [0.25, 0.3) is 0 Å². The number of halogens is 3. The number of rotatable bonds is 7. The van der Waals surface area contributed by atoms with Gasteiger partial charge in [0.25, 0.3) is 0 Å². The molecular weight excluding hydrogens is 271 g/mol. The second kappa shape index (κ2) is 6.56. The Morgan fingerprint density at radius 3 is 2.50 bits per heavy atom. The fourth-order valence-electron chi connectivity index (χ4n) is 2.02. The first-order valence-electron chi connectivity index (χ1n) is 6.75. The minimum Gasteiger partial charge on any atom is -0.390 e. The number of aliphatic hydroxyl groups is 1. The number of aromatic nitrogens is 3. The maximum Gasteiger partial charge on any atom is 0.389 e. The molecule has 0 amide bonds. The fourth-order valence-corrected chi connectivity index (χ4v) is 2.02. The Kier molecular flexibility index (Phi) is 5.56. The van der Waals surface area contributed by atoms with Crippen molar-refractivity contribution < 1.29 is 18.3 Å². The van der Waals surface area contributed by atoms with E-state index in [-0.39, 0.29) is 19.3 Å². The van der Waals surface area contributed by atoms with Crippen LogP contribution < -0.4 is 0 Å². The van der Waals surface area contributed by atoms with E-state index in [1.54, 1.807) is 4.68 Å². The van der Waals surface area contributed by atoms with E-state index >= 15 is 0 Å². The molecule has 4 nitrogen and oxygen atoms in total. The molecule has 1 atom stereocenters. The van der Waals surface area contributed by atoms with E-state index < -0.39 is 18.2 Å². The Morgan fingerprint density at radius 1 is 1.30 bits per heavy atom. The summed E-state index contributed by atoms with van der Waals surface area (Å²) in [5.41, 5.74) is -1.20. The molecule has 1 aromatic rings. The van der Waals surface area contributed by atoms with Crippen molar-refractivity contribution in [3.05, 3.63) is 12.2 Å². The lowest BCUT2D eigenvalue weighted by molar-refractivity contribution is -0.137. The van der Waals surface area contributed by atoms with Crippen molar-refractivity contribution in [2.45, 2.75) is 64.8 Å². The molecule has 1 heterocycles. The summed E-state index contributed by atoms with van der Waals surface area (Å²) in [6.07, 6.45) is -3.44. The predicted octanol–water partition coefficient (Wildman–Crippen LogP) is 2.96. The number of hydrogen-bond acceptors (Lipinski definition) is 3. The minimum atomic E-state index is -4.17. The van der Waals surface area contributed by atoms with Gasteiger partial charge in [0.15, 0.2) is 0 Å². The number of hydrogen-bond donors (Lipinski definition) is 1. The van der Waals surface area contributed by atoms with Crippen LogP contribution in [0.2, 0.25) is 0 Å². The van der Waals surface area contributed by atoms with Gasteiger partial charge in [-0.3, -0.25) is 0 Å². The summed E-state index contributed by atoms with van der Waals surface area (Å²) in [4.78, 5) is 4.08. The van der Waals surface area contributed by atoms with Gasteiger partial charge < -0.3 is 5.11 Å². The van der Waals surface area contributed by atoms with Gasteiger partial charge in [0.1, 0.15) is 12.2 Å². The highest BCUT2D eigenvalue weighted by molar-refractivity contribution is 4.93. The van der Waals surface area contributed by atoms with Gasteiger partial charge in [0.2, 0.25) is 0 Å². The maximum atomic E-state index is 12.1. The Bertz CT molecular complexity index is 413. The van der Waals surface area contributed by atoms with E-state index in [0.717, 1.165) is 0 Å². The van der Waals surface area contributed by atoms with Crippen molar-refractivity contribution in [2.75, 3.05) is 0 Å². The summed E-state index contributed by atoms with van der Waals surface area (Å²) in [5.74, 6) is 0.987. The van der Waals surface area contributed by atoms with E-state index in [1.807, 2.05) is 13.8 Å². The van der Waals surface area contributed by atoms with Gasteiger partial charge in [0.05, 0.1) is 5.60 Å². The lowest BCUT2D eigenvalue weighted by Gasteiger charge is -2.23. The smallest absolute Gasteiger partial charge is 0.389 e. The van der Waals surface area contributed by atoms with Crippen LogP contribution in [0.15, 0.2) is 6.33 Å². The lowest BCUT2D eigenvalue weighted by atomic mass is 9.94. The first kappa shape index (κ1) is 16.9. The molecule has 0 aliphatic carbocycles. The molecule has 1 unspecified atom stereocenters. The largest absolute Gasteiger partial charge is 0.390 e. The topological polar surface area (TPSA) is 50.9 Å². The van der Waals surface area contributed by atoms with E-state index in [2.05, 4.69) is 10.1 Å². The second-order valence-corrected chi connectivity index (χ2v) is 5.89. The third-order valence-corrected chi connectivity index (χ3v) is 2.95. The highest BCUT2D eigenvalue weighted by Gasteiger charge is 2.30. The normalized spacial score (nSPS) is 15.6. The third kappa shape index (κ3) is 6.36.